The second-order valence-electron chi connectivity index (χ2n) is 8.05. The molecule has 1 aromatic rings. The number of likely N-dealkylation sites (tertiary alicyclic amines) is 1. The summed E-state index contributed by atoms with van der Waals surface area (Å²) in [5.74, 6) is -0.0413. The van der Waals surface area contributed by atoms with Crippen LogP contribution in [0.5, 0.6) is 0 Å². The van der Waals surface area contributed by atoms with Gasteiger partial charge in [-0.15, -0.1) is 0 Å². The number of hydrogen-bond acceptors (Lipinski definition) is 4. The maximum absolute atomic E-state index is 13.0. The van der Waals surface area contributed by atoms with Crippen molar-refractivity contribution in [2.75, 3.05) is 52.4 Å². The third-order valence-electron chi connectivity index (χ3n) is 5.77. The van der Waals surface area contributed by atoms with Crippen molar-refractivity contribution in [2.24, 2.45) is 5.92 Å². The Labute approximate surface area is 183 Å². The molecule has 0 spiro atoms. The van der Waals surface area contributed by atoms with Gasteiger partial charge in [0.05, 0.1) is 12.5 Å². The van der Waals surface area contributed by atoms with E-state index in [0.717, 1.165) is 19.3 Å². The normalized spacial score (nSPS) is 20.1. The van der Waals surface area contributed by atoms with Crippen LogP contribution in [-0.4, -0.2) is 84.8 Å². The van der Waals surface area contributed by atoms with Gasteiger partial charge in [0, 0.05) is 56.4 Å². The molecule has 164 valence electrons. The number of piperidine rings is 1. The zero-order valence-corrected chi connectivity index (χ0v) is 18.4. The number of carbonyl (C=O) groups excluding carboxylic acids is 3. The highest BCUT2D eigenvalue weighted by Crippen LogP contribution is 2.22. The lowest BCUT2D eigenvalue weighted by atomic mass is 9.95. The largest absolute Gasteiger partial charge is 0.355 e. The molecule has 2 saturated heterocycles. The van der Waals surface area contributed by atoms with E-state index < -0.39 is 0 Å². The van der Waals surface area contributed by atoms with Crippen molar-refractivity contribution in [3.8, 4) is 0 Å². The van der Waals surface area contributed by atoms with Crippen LogP contribution >= 0.6 is 11.6 Å². The first-order valence-corrected chi connectivity index (χ1v) is 11.2. The molecule has 0 aliphatic carbocycles. The smallest absolute Gasteiger partial charge is 0.253 e. The van der Waals surface area contributed by atoms with E-state index in [1.807, 2.05) is 11.8 Å². The van der Waals surface area contributed by atoms with Crippen molar-refractivity contribution < 1.29 is 14.4 Å². The highest BCUT2D eigenvalue weighted by atomic mass is 35.5. The predicted molar refractivity (Wildman–Crippen MR) is 116 cm³/mol. The van der Waals surface area contributed by atoms with Gasteiger partial charge in [-0.1, -0.05) is 18.5 Å². The molecule has 7 nitrogen and oxygen atoms in total. The number of piperazine rings is 1. The van der Waals surface area contributed by atoms with Gasteiger partial charge in [-0.3, -0.25) is 19.3 Å². The van der Waals surface area contributed by atoms with E-state index in [4.69, 9.17) is 11.6 Å². The molecule has 8 heteroatoms. The number of benzene rings is 1. The standard InChI is InChI=1S/C22H31ClN4O3/c1-2-9-24-20(28)16-25-11-13-26(14-12-25)22(30)18-4-3-10-27(15-18)21(29)17-5-7-19(23)8-6-17/h5-8,18H,2-4,9-16H2,1H3,(H,24,28). The van der Waals surface area contributed by atoms with Crippen LogP contribution in [0.1, 0.15) is 36.5 Å². The number of nitrogens with one attached hydrogen (secondary N) is 1. The molecule has 2 heterocycles. The van der Waals surface area contributed by atoms with Crippen molar-refractivity contribution >= 4 is 29.3 Å². The number of carbonyl (C=O) groups is 3. The SMILES string of the molecule is CCCNC(=O)CN1CCN(C(=O)C2CCCN(C(=O)c3ccc(Cl)cc3)C2)CC1. The van der Waals surface area contributed by atoms with Gasteiger partial charge in [0.1, 0.15) is 0 Å². The number of hydrogen-bond donors (Lipinski definition) is 1. The zero-order valence-electron chi connectivity index (χ0n) is 17.6. The van der Waals surface area contributed by atoms with Gasteiger partial charge in [-0.05, 0) is 43.5 Å². The molecule has 1 N–H and O–H groups in total. The average Bonchev–Trinajstić information content (AvgIpc) is 2.78. The topological polar surface area (TPSA) is 73.0 Å². The van der Waals surface area contributed by atoms with Crippen LogP contribution in [-0.2, 0) is 9.59 Å². The monoisotopic (exact) mass is 434 g/mol. The molecule has 3 amide bonds. The predicted octanol–water partition coefficient (Wildman–Crippen LogP) is 1.86. The third kappa shape index (κ3) is 5.95. The fourth-order valence-corrected chi connectivity index (χ4v) is 4.17. The van der Waals surface area contributed by atoms with Crippen LogP contribution in [0.4, 0.5) is 0 Å². The Hall–Kier alpha value is -2.12. The molecule has 0 saturated carbocycles. The van der Waals surface area contributed by atoms with E-state index in [2.05, 4.69) is 10.2 Å². The fraction of sp³-hybridized carbons (Fsp3) is 0.591. The maximum atomic E-state index is 13.0. The average molecular weight is 435 g/mol. The number of amides is 3. The number of halogens is 1. The molecule has 0 aromatic heterocycles. The molecule has 3 rings (SSSR count). The molecule has 1 unspecified atom stereocenters. The second-order valence-corrected chi connectivity index (χ2v) is 8.49. The molecular formula is C22H31ClN4O3. The van der Waals surface area contributed by atoms with Crippen LogP contribution < -0.4 is 5.32 Å². The first-order valence-electron chi connectivity index (χ1n) is 10.8. The first kappa shape index (κ1) is 22.6. The summed E-state index contributed by atoms with van der Waals surface area (Å²) in [4.78, 5) is 43.5. The molecule has 2 fully saturated rings. The van der Waals surface area contributed by atoms with Crippen molar-refractivity contribution in [2.45, 2.75) is 26.2 Å². The van der Waals surface area contributed by atoms with Crippen LogP contribution in [0.3, 0.4) is 0 Å². The summed E-state index contributed by atoms with van der Waals surface area (Å²) in [5, 5.41) is 3.49. The molecule has 0 radical (unpaired) electrons. The maximum Gasteiger partial charge on any atom is 0.253 e. The molecular weight excluding hydrogens is 404 g/mol. The van der Waals surface area contributed by atoms with E-state index in [0.29, 0.717) is 62.9 Å². The molecule has 30 heavy (non-hydrogen) atoms. The minimum atomic E-state index is -0.158. The molecule has 1 atom stereocenters. The van der Waals surface area contributed by atoms with Gasteiger partial charge in [-0.25, -0.2) is 0 Å². The van der Waals surface area contributed by atoms with E-state index >= 15 is 0 Å². The van der Waals surface area contributed by atoms with E-state index in [-0.39, 0.29) is 23.6 Å². The van der Waals surface area contributed by atoms with Gasteiger partial charge < -0.3 is 15.1 Å². The lowest BCUT2D eigenvalue weighted by Crippen LogP contribution is -2.54. The first-order chi connectivity index (χ1) is 14.5. The van der Waals surface area contributed by atoms with Gasteiger partial charge in [0.25, 0.3) is 5.91 Å². The Bertz CT molecular complexity index is 747. The van der Waals surface area contributed by atoms with Crippen molar-refractivity contribution in [1.82, 2.24) is 20.0 Å². The molecule has 1 aromatic carbocycles. The zero-order chi connectivity index (χ0) is 21.5. The Morgan fingerprint density at radius 2 is 1.73 bits per heavy atom. The van der Waals surface area contributed by atoms with Crippen molar-refractivity contribution in [1.29, 1.82) is 0 Å². The lowest BCUT2D eigenvalue weighted by molar-refractivity contribution is -0.138. The fourth-order valence-electron chi connectivity index (χ4n) is 4.05. The van der Waals surface area contributed by atoms with Gasteiger partial charge in [-0.2, -0.15) is 0 Å². The Balaban J connectivity index is 1.49. The summed E-state index contributed by atoms with van der Waals surface area (Å²) in [6.07, 6.45) is 2.56. The Morgan fingerprint density at radius 3 is 2.40 bits per heavy atom. The molecule has 2 aliphatic heterocycles. The number of nitrogens with zero attached hydrogens (tertiary/aromatic N) is 3. The van der Waals surface area contributed by atoms with Crippen molar-refractivity contribution in [3.05, 3.63) is 34.9 Å². The summed E-state index contributed by atoms with van der Waals surface area (Å²) < 4.78 is 0. The Morgan fingerprint density at radius 1 is 1.03 bits per heavy atom. The van der Waals surface area contributed by atoms with Crippen LogP contribution in [0.15, 0.2) is 24.3 Å². The van der Waals surface area contributed by atoms with Crippen LogP contribution in [0, 0.1) is 5.92 Å². The van der Waals surface area contributed by atoms with Gasteiger partial charge in [0.15, 0.2) is 0 Å². The summed E-state index contributed by atoms with van der Waals surface area (Å²) in [5.41, 5.74) is 0.600. The minimum Gasteiger partial charge on any atom is -0.355 e. The summed E-state index contributed by atoms with van der Waals surface area (Å²) in [7, 11) is 0. The second kappa shape index (κ2) is 10.8. The lowest BCUT2D eigenvalue weighted by Gasteiger charge is -2.38. The van der Waals surface area contributed by atoms with Gasteiger partial charge in [0.2, 0.25) is 11.8 Å². The molecule has 0 bridgehead atoms. The Kier molecular flexibility index (Phi) is 8.10. The molecule has 2 aliphatic rings. The third-order valence-corrected chi connectivity index (χ3v) is 6.02. The highest BCUT2D eigenvalue weighted by Gasteiger charge is 2.33. The van der Waals surface area contributed by atoms with Gasteiger partial charge >= 0.3 is 0 Å². The van der Waals surface area contributed by atoms with Crippen molar-refractivity contribution in [3.63, 3.8) is 0 Å². The van der Waals surface area contributed by atoms with E-state index in [1.165, 1.54) is 0 Å². The summed E-state index contributed by atoms with van der Waals surface area (Å²) in [6.45, 7) is 6.89. The highest BCUT2D eigenvalue weighted by molar-refractivity contribution is 6.30. The van der Waals surface area contributed by atoms with Crippen LogP contribution in [0.25, 0.3) is 0 Å². The summed E-state index contributed by atoms with van der Waals surface area (Å²) in [6, 6.07) is 6.88. The van der Waals surface area contributed by atoms with Crippen LogP contribution in [0.2, 0.25) is 5.02 Å². The van der Waals surface area contributed by atoms with E-state index in [1.54, 1.807) is 29.2 Å². The quantitative estimate of drug-likeness (QED) is 0.741. The number of rotatable bonds is 6. The minimum absolute atomic E-state index is 0.0419. The van der Waals surface area contributed by atoms with E-state index in [9.17, 15) is 14.4 Å². The summed E-state index contributed by atoms with van der Waals surface area (Å²) >= 11 is 5.91.